The quantitative estimate of drug-likeness (QED) is 0.712. The number of rotatable bonds is 8. The van der Waals surface area contributed by atoms with Gasteiger partial charge in [-0.1, -0.05) is 17.3 Å². The predicted molar refractivity (Wildman–Crippen MR) is 79.3 cm³/mol. The number of allylic oxidation sites excluding steroid dienone is 1. The summed E-state index contributed by atoms with van der Waals surface area (Å²) in [6.45, 7) is 1.79. The van der Waals surface area contributed by atoms with Crippen LogP contribution in [-0.4, -0.2) is 33.2 Å². The summed E-state index contributed by atoms with van der Waals surface area (Å²) in [5.74, 6) is -0.774. The van der Waals surface area contributed by atoms with Crippen molar-refractivity contribution in [2.75, 3.05) is 0 Å². The van der Waals surface area contributed by atoms with Crippen molar-refractivity contribution in [3.63, 3.8) is 0 Å². The molecule has 0 spiro atoms. The highest BCUT2D eigenvalue weighted by Gasteiger charge is 2.19. The molecule has 8 heteroatoms. The van der Waals surface area contributed by atoms with Crippen LogP contribution in [0, 0.1) is 0 Å². The highest BCUT2D eigenvalue weighted by Crippen LogP contribution is 2.16. The van der Waals surface area contributed by atoms with E-state index in [9.17, 15) is 9.59 Å². The third-order valence-electron chi connectivity index (χ3n) is 3.05. The average molecular weight is 319 g/mol. The molecule has 0 bridgehead atoms. The van der Waals surface area contributed by atoms with Gasteiger partial charge in [-0.25, -0.2) is 4.79 Å². The van der Waals surface area contributed by atoms with Crippen LogP contribution >= 0.6 is 0 Å². The number of carboxylic acids is 1. The maximum absolute atomic E-state index is 11.8. The maximum Gasteiger partial charge on any atom is 0.326 e. The van der Waals surface area contributed by atoms with Gasteiger partial charge < -0.3 is 19.4 Å². The van der Waals surface area contributed by atoms with Gasteiger partial charge in [0.1, 0.15) is 12.3 Å². The lowest BCUT2D eigenvalue weighted by Crippen LogP contribution is -2.40. The fourth-order valence-electron chi connectivity index (χ4n) is 1.85. The first-order valence-corrected chi connectivity index (χ1v) is 7.08. The Hall–Kier alpha value is -2.90. The van der Waals surface area contributed by atoms with Crippen molar-refractivity contribution in [3.05, 3.63) is 36.6 Å². The minimum atomic E-state index is -1.07. The van der Waals surface area contributed by atoms with Gasteiger partial charge in [0.15, 0.2) is 0 Å². The molecule has 0 saturated carbocycles. The number of nitrogens with zero attached hydrogens (tertiary/aromatic N) is 2. The van der Waals surface area contributed by atoms with E-state index in [1.165, 1.54) is 12.5 Å². The summed E-state index contributed by atoms with van der Waals surface area (Å²) in [5, 5.41) is 15.3. The molecule has 0 fully saturated rings. The van der Waals surface area contributed by atoms with E-state index < -0.39 is 12.0 Å². The first kappa shape index (κ1) is 16.5. The van der Waals surface area contributed by atoms with Crippen molar-refractivity contribution >= 4 is 11.9 Å². The molecule has 0 aliphatic heterocycles. The lowest BCUT2D eigenvalue weighted by molar-refractivity contribution is -0.141. The molecule has 0 aromatic carbocycles. The van der Waals surface area contributed by atoms with E-state index in [2.05, 4.69) is 15.5 Å². The molecule has 0 radical (unpaired) electrons. The first-order chi connectivity index (χ1) is 11.1. The zero-order valence-electron chi connectivity index (χ0n) is 12.6. The summed E-state index contributed by atoms with van der Waals surface area (Å²) in [4.78, 5) is 27.0. The number of hydrogen-bond donors (Lipinski definition) is 2. The molecule has 8 nitrogen and oxygen atoms in total. The van der Waals surface area contributed by atoms with Crippen LogP contribution in [0.2, 0.25) is 0 Å². The number of amides is 1. The number of aromatic nitrogens is 2. The van der Waals surface area contributed by atoms with Crippen LogP contribution < -0.4 is 5.32 Å². The Morgan fingerprint density at radius 2 is 2.30 bits per heavy atom. The smallest absolute Gasteiger partial charge is 0.326 e. The second kappa shape index (κ2) is 7.92. The van der Waals surface area contributed by atoms with E-state index in [0.29, 0.717) is 17.3 Å². The van der Waals surface area contributed by atoms with Gasteiger partial charge >= 0.3 is 5.97 Å². The van der Waals surface area contributed by atoms with Gasteiger partial charge in [-0.15, -0.1) is 0 Å². The van der Waals surface area contributed by atoms with Crippen LogP contribution in [-0.2, 0) is 16.0 Å². The molecule has 2 heterocycles. The molecule has 2 rings (SSSR count). The van der Waals surface area contributed by atoms with Crippen LogP contribution in [0.4, 0.5) is 0 Å². The van der Waals surface area contributed by atoms with Crippen molar-refractivity contribution < 1.29 is 23.6 Å². The number of aryl methyl sites for hydroxylation is 1. The maximum atomic E-state index is 11.8. The second-order valence-electron chi connectivity index (χ2n) is 4.79. The molecule has 1 atom stereocenters. The predicted octanol–water partition coefficient (Wildman–Crippen LogP) is 1.80. The van der Waals surface area contributed by atoms with Crippen LogP contribution in [0.3, 0.4) is 0 Å². The van der Waals surface area contributed by atoms with E-state index in [1.54, 1.807) is 25.1 Å². The molecule has 122 valence electrons. The number of carbonyl (C=O) groups excluding carboxylic acids is 1. The van der Waals surface area contributed by atoms with Crippen molar-refractivity contribution in [2.45, 2.75) is 32.2 Å². The average Bonchev–Trinajstić information content (AvgIpc) is 3.19. The molecule has 0 saturated heterocycles. The molecule has 1 amide bonds. The zero-order valence-corrected chi connectivity index (χ0v) is 12.6. The molecular weight excluding hydrogens is 302 g/mol. The van der Waals surface area contributed by atoms with E-state index in [1.807, 2.05) is 0 Å². The van der Waals surface area contributed by atoms with E-state index in [0.717, 1.165) is 0 Å². The molecule has 23 heavy (non-hydrogen) atoms. The Balaban J connectivity index is 1.85. The summed E-state index contributed by atoms with van der Waals surface area (Å²) in [7, 11) is 0. The van der Waals surface area contributed by atoms with Gasteiger partial charge in [0, 0.05) is 12.8 Å². The van der Waals surface area contributed by atoms with Crippen molar-refractivity contribution in [1.82, 2.24) is 15.5 Å². The highest BCUT2D eigenvalue weighted by molar-refractivity contribution is 5.83. The third kappa shape index (κ3) is 4.80. The summed E-state index contributed by atoms with van der Waals surface area (Å²) in [6.07, 6.45) is 6.93. The number of carboxylic acid groups (broad SMARTS) is 1. The molecule has 2 aromatic rings. The van der Waals surface area contributed by atoms with Crippen LogP contribution in [0.25, 0.3) is 11.4 Å². The summed E-state index contributed by atoms with van der Waals surface area (Å²) in [5.41, 5.74) is 0.682. The monoisotopic (exact) mass is 319 g/mol. The Morgan fingerprint density at radius 1 is 1.48 bits per heavy atom. The minimum absolute atomic E-state index is 0.0621. The van der Waals surface area contributed by atoms with Gasteiger partial charge in [-0.05, 0) is 19.4 Å². The Kier molecular flexibility index (Phi) is 5.67. The number of nitrogens with one attached hydrogen (secondary N) is 1. The molecule has 2 N–H and O–H groups in total. The fraction of sp³-hybridized carbons (Fsp3) is 0.333. The lowest BCUT2D eigenvalue weighted by Gasteiger charge is -2.11. The Labute approximate surface area is 132 Å². The minimum Gasteiger partial charge on any atom is -0.480 e. The Morgan fingerprint density at radius 3 is 2.96 bits per heavy atom. The van der Waals surface area contributed by atoms with Crippen molar-refractivity contribution in [1.29, 1.82) is 0 Å². The number of carbonyl (C=O) groups is 2. The van der Waals surface area contributed by atoms with Gasteiger partial charge in [-0.3, -0.25) is 4.79 Å². The highest BCUT2D eigenvalue weighted by atomic mass is 16.5. The van der Waals surface area contributed by atoms with Crippen molar-refractivity contribution in [2.24, 2.45) is 0 Å². The number of aliphatic carboxylic acids is 1. The molecule has 1 unspecified atom stereocenters. The van der Waals surface area contributed by atoms with Gasteiger partial charge in [-0.2, -0.15) is 4.98 Å². The summed E-state index contributed by atoms with van der Waals surface area (Å²) < 4.78 is 9.97. The summed E-state index contributed by atoms with van der Waals surface area (Å²) >= 11 is 0. The first-order valence-electron chi connectivity index (χ1n) is 7.08. The molecule has 0 aliphatic carbocycles. The normalized spacial score (nSPS) is 12.4. The topological polar surface area (TPSA) is 118 Å². The molecular formula is C15H17N3O5. The lowest BCUT2D eigenvalue weighted by atomic mass is 10.2. The van der Waals surface area contributed by atoms with E-state index >= 15 is 0 Å². The fourth-order valence-corrected chi connectivity index (χ4v) is 1.85. The standard InChI is InChI=1S/C15H17N3O5/c1-2-3-4-11(15(20)21)16-12(19)5-6-13-17-14(18-23-13)10-7-8-22-9-10/h2-3,7-9,11H,4-6H2,1H3,(H,16,19)(H,20,21)/b3-2+. The van der Waals surface area contributed by atoms with Crippen LogP contribution in [0.1, 0.15) is 25.7 Å². The van der Waals surface area contributed by atoms with E-state index in [-0.39, 0.29) is 25.2 Å². The zero-order chi connectivity index (χ0) is 16.7. The van der Waals surface area contributed by atoms with Gasteiger partial charge in [0.05, 0.1) is 11.8 Å². The summed E-state index contributed by atoms with van der Waals surface area (Å²) in [6, 6.07) is 0.753. The molecule has 2 aromatic heterocycles. The van der Waals surface area contributed by atoms with Crippen molar-refractivity contribution in [3.8, 4) is 11.4 Å². The largest absolute Gasteiger partial charge is 0.480 e. The number of furan rings is 1. The van der Waals surface area contributed by atoms with Crippen LogP contribution in [0.5, 0.6) is 0 Å². The number of hydrogen-bond acceptors (Lipinski definition) is 6. The third-order valence-corrected chi connectivity index (χ3v) is 3.05. The van der Waals surface area contributed by atoms with Gasteiger partial charge in [0.2, 0.25) is 17.6 Å². The van der Waals surface area contributed by atoms with E-state index in [4.69, 9.17) is 14.0 Å². The van der Waals surface area contributed by atoms with Gasteiger partial charge in [0.25, 0.3) is 0 Å². The SMILES string of the molecule is C/C=C/CC(NC(=O)CCc1nc(-c2ccoc2)no1)C(=O)O. The van der Waals surface area contributed by atoms with Crippen LogP contribution in [0.15, 0.2) is 39.7 Å². The second-order valence-corrected chi connectivity index (χ2v) is 4.79. The molecule has 0 aliphatic rings. The Bertz CT molecular complexity index is 675.